The molecule has 1 aliphatic carbocycles. The van der Waals surface area contributed by atoms with E-state index in [1.54, 1.807) is 0 Å². The molecule has 0 radical (unpaired) electrons. The van der Waals surface area contributed by atoms with E-state index in [0.717, 1.165) is 25.3 Å². The molecule has 1 aliphatic rings. The third-order valence-electron chi connectivity index (χ3n) is 3.27. The van der Waals surface area contributed by atoms with Crippen LogP contribution in [0, 0.1) is 0 Å². The summed E-state index contributed by atoms with van der Waals surface area (Å²) in [5, 5.41) is 31.2. The molecule has 0 heterocycles. The van der Waals surface area contributed by atoms with Crippen LogP contribution in [0.3, 0.4) is 0 Å². The van der Waals surface area contributed by atoms with Crippen molar-refractivity contribution in [2.75, 3.05) is 0 Å². The van der Waals surface area contributed by atoms with Crippen molar-refractivity contribution in [3.63, 3.8) is 0 Å². The Morgan fingerprint density at radius 1 is 1.22 bits per heavy atom. The third-order valence-corrected chi connectivity index (χ3v) is 3.27. The molecule has 1 aromatic carbocycles. The summed E-state index contributed by atoms with van der Waals surface area (Å²) in [5.74, 6) is -0.794. The Hall–Kier alpha value is -1.75. The van der Waals surface area contributed by atoms with E-state index in [2.05, 4.69) is 5.32 Å². The molecule has 0 aliphatic heterocycles. The van der Waals surface area contributed by atoms with Gasteiger partial charge in [0, 0.05) is 6.07 Å². The van der Waals surface area contributed by atoms with E-state index in [9.17, 15) is 15.0 Å². The molecule has 0 spiro atoms. The molecule has 1 fully saturated rings. The summed E-state index contributed by atoms with van der Waals surface area (Å²) in [6.45, 7) is 0. The van der Waals surface area contributed by atoms with Crippen LogP contribution in [-0.4, -0.2) is 33.4 Å². The second-order valence-corrected chi connectivity index (χ2v) is 4.63. The number of aliphatic hydroxyl groups excluding tert-OH is 1. The number of phenolic OH excluding ortho intramolecular Hbond substituents is 2. The number of amides is 1. The van der Waals surface area contributed by atoms with E-state index >= 15 is 0 Å². The van der Waals surface area contributed by atoms with Gasteiger partial charge in [0.15, 0.2) is 0 Å². The molecule has 0 unspecified atom stereocenters. The average molecular weight is 251 g/mol. The van der Waals surface area contributed by atoms with Crippen LogP contribution in [0.4, 0.5) is 0 Å². The second-order valence-electron chi connectivity index (χ2n) is 4.63. The zero-order valence-electron chi connectivity index (χ0n) is 9.97. The van der Waals surface area contributed by atoms with E-state index < -0.39 is 12.0 Å². The number of phenols is 2. The highest BCUT2D eigenvalue weighted by molar-refractivity contribution is 5.97. The van der Waals surface area contributed by atoms with Crippen LogP contribution >= 0.6 is 0 Å². The molecule has 5 heteroatoms. The molecular weight excluding hydrogens is 234 g/mol. The first-order chi connectivity index (χ1) is 8.58. The topological polar surface area (TPSA) is 89.8 Å². The lowest BCUT2D eigenvalue weighted by Gasteiger charge is -2.28. The molecule has 0 aromatic heterocycles. The predicted molar refractivity (Wildman–Crippen MR) is 65.5 cm³/mol. The molecule has 0 saturated heterocycles. The molecule has 98 valence electrons. The van der Waals surface area contributed by atoms with Gasteiger partial charge < -0.3 is 20.6 Å². The largest absolute Gasteiger partial charge is 0.508 e. The van der Waals surface area contributed by atoms with E-state index in [0.29, 0.717) is 6.42 Å². The lowest BCUT2D eigenvalue weighted by molar-refractivity contribution is 0.0715. The van der Waals surface area contributed by atoms with Gasteiger partial charge in [-0.1, -0.05) is 12.8 Å². The van der Waals surface area contributed by atoms with Gasteiger partial charge in [-0.05, 0) is 25.0 Å². The predicted octanol–water partition coefficient (Wildman–Crippen LogP) is 1.13. The van der Waals surface area contributed by atoms with Gasteiger partial charge in [0.05, 0.1) is 17.7 Å². The highest BCUT2D eigenvalue weighted by Gasteiger charge is 2.25. The molecule has 5 nitrogen and oxygen atoms in total. The number of aromatic hydroxyl groups is 2. The lowest BCUT2D eigenvalue weighted by Crippen LogP contribution is -2.45. The van der Waals surface area contributed by atoms with Crippen molar-refractivity contribution in [1.29, 1.82) is 0 Å². The number of rotatable bonds is 2. The molecule has 2 rings (SSSR count). The number of carbonyl (C=O) groups is 1. The highest BCUT2D eigenvalue weighted by Crippen LogP contribution is 2.24. The number of carbonyl (C=O) groups excluding carboxylic acids is 1. The summed E-state index contributed by atoms with van der Waals surface area (Å²) in [7, 11) is 0. The molecule has 1 amide bonds. The summed E-state index contributed by atoms with van der Waals surface area (Å²) in [5.41, 5.74) is 0.102. The fourth-order valence-electron chi connectivity index (χ4n) is 2.24. The minimum absolute atomic E-state index is 0.0956. The average Bonchev–Trinajstić information content (AvgIpc) is 2.32. The van der Waals surface area contributed by atoms with E-state index in [1.807, 2.05) is 0 Å². The zero-order chi connectivity index (χ0) is 13.1. The quantitative estimate of drug-likeness (QED) is 0.634. The maximum absolute atomic E-state index is 11.9. The SMILES string of the molecule is O=C(N[C@@H]1CCCC[C@H]1O)c1ccc(O)cc1O. The summed E-state index contributed by atoms with van der Waals surface area (Å²) < 4.78 is 0. The van der Waals surface area contributed by atoms with Gasteiger partial charge in [0.2, 0.25) is 0 Å². The first-order valence-corrected chi connectivity index (χ1v) is 6.09. The van der Waals surface area contributed by atoms with Crippen molar-refractivity contribution >= 4 is 5.91 Å². The highest BCUT2D eigenvalue weighted by atomic mass is 16.3. The Kier molecular flexibility index (Phi) is 3.72. The smallest absolute Gasteiger partial charge is 0.255 e. The first kappa shape index (κ1) is 12.7. The number of benzene rings is 1. The maximum Gasteiger partial charge on any atom is 0.255 e. The van der Waals surface area contributed by atoms with Gasteiger partial charge in [-0.25, -0.2) is 0 Å². The molecule has 1 aromatic rings. The fraction of sp³-hybridized carbons (Fsp3) is 0.462. The summed E-state index contributed by atoms with van der Waals surface area (Å²) in [6.07, 6.45) is 2.85. The van der Waals surface area contributed by atoms with Crippen LogP contribution < -0.4 is 5.32 Å². The first-order valence-electron chi connectivity index (χ1n) is 6.09. The van der Waals surface area contributed by atoms with Gasteiger partial charge in [0.1, 0.15) is 11.5 Å². The number of aliphatic hydroxyl groups is 1. The standard InChI is InChI=1S/C13H17NO4/c15-8-5-6-9(12(17)7-8)13(18)14-10-3-1-2-4-11(10)16/h5-7,10-11,15-17H,1-4H2,(H,14,18)/t10-,11-/m1/s1. The van der Waals surface area contributed by atoms with Gasteiger partial charge in [-0.15, -0.1) is 0 Å². The van der Waals surface area contributed by atoms with Crippen LogP contribution in [-0.2, 0) is 0 Å². The van der Waals surface area contributed by atoms with Crippen LogP contribution in [0.1, 0.15) is 36.0 Å². The van der Waals surface area contributed by atoms with Gasteiger partial charge in [-0.3, -0.25) is 4.79 Å². The van der Waals surface area contributed by atoms with Gasteiger partial charge >= 0.3 is 0 Å². The van der Waals surface area contributed by atoms with Crippen molar-refractivity contribution in [3.05, 3.63) is 23.8 Å². The van der Waals surface area contributed by atoms with Crippen LogP contribution in [0.15, 0.2) is 18.2 Å². The summed E-state index contributed by atoms with van der Waals surface area (Å²) in [6, 6.07) is 3.55. The van der Waals surface area contributed by atoms with Crippen molar-refractivity contribution in [2.45, 2.75) is 37.8 Å². The van der Waals surface area contributed by atoms with Gasteiger partial charge in [0.25, 0.3) is 5.91 Å². The maximum atomic E-state index is 11.9. The Bertz CT molecular complexity index is 447. The van der Waals surface area contributed by atoms with E-state index in [1.165, 1.54) is 12.1 Å². The van der Waals surface area contributed by atoms with Crippen molar-refractivity contribution in [2.24, 2.45) is 0 Å². The zero-order valence-corrected chi connectivity index (χ0v) is 9.97. The Balaban J connectivity index is 2.07. The second kappa shape index (κ2) is 5.27. The van der Waals surface area contributed by atoms with Crippen LogP contribution in [0.5, 0.6) is 11.5 Å². The van der Waals surface area contributed by atoms with Crippen molar-refractivity contribution in [3.8, 4) is 11.5 Å². The fourth-order valence-corrected chi connectivity index (χ4v) is 2.24. The van der Waals surface area contributed by atoms with Crippen molar-refractivity contribution < 1.29 is 20.1 Å². The molecule has 18 heavy (non-hydrogen) atoms. The third kappa shape index (κ3) is 2.73. The normalized spacial score (nSPS) is 23.6. The summed E-state index contributed by atoms with van der Waals surface area (Å²) in [4.78, 5) is 11.9. The Labute approximate surface area is 105 Å². The van der Waals surface area contributed by atoms with Crippen LogP contribution in [0.2, 0.25) is 0 Å². The van der Waals surface area contributed by atoms with Gasteiger partial charge in [-0.2, -0.15) is 0 Å². The molecule has 2 atom stereocenters. The summed E-state index contributed by atoms with van der Waals surface area (Å²) >= 11 is 0. The molecular formula is C13H17NO4. The number of hydrogen-bond acceptors (Lipinski definition) is 4. The number of hydrogen-bond donors (Lipinski definition) is 4. The minimum atomic E-state index is -0.526. The molecule has 0 bridgehead atoms. The minimum Gasteiger partial charge on any atom is -0.508 e. The van der Waals surface area contributed by atoms with Crippen molar-refractivity contribution in [1.82, 2.24) is 5.32 Å². The molecule has 1 saturated carbocycles. The van der Waals surface area contributed by atoms with E-state index in [-0.39, 0.29) is 23.1 Å². The monoisotopic (exact) mass is 251 g/mol. The Morgan fingerprint density at radius 2 is 1.94 bits per heavy atom. The molecule has 4 N–H and O–H groups in total. The lowest BCUT2D eigenvalue weighted by atomic mass is 9.92. The van der Waals surface area contributed by atoms with E-state index in [4.69, 9.17) is 5.11 Å². The number of nitrogens with one attached hydrogen (secondary N) is 1. The van der Waals surface area contributed by atoms with Crippen LogP contribution in [0.25, 0.3) is 0 Å². The Morgan fingerprint density at radius 3 is 2.61 bits per heavy atom.